The molecule has 1 aliphatic heterocycles. The van der Waals surface area contributed by atoms with Crippen molar-refractivity contribution in [1.82, 2.24) is 10.2 Å². The molecule has 24 heavy (non-hydrogen) atoms. The molecule has 0 aliphatic carbocycles. The molecule has 1 aliphatic rings. The molecule has 6 nitrogen and oxygen atoms in total. The number of anilines is 2. The average molecular weight is 346 g/mol. The summed E-state index contributed by atoms with van der Waals surface area (Å²) in [5.74, 6) is 0.984. The summed E-state index contributed by atoms with van der Waals surface area (Å²) in [6.45, 7) is 4.95. The number of sulfone groups is 1. The maximum Gasteiger partial charge on any atom is 0.180 e. The van der Waals surface area contributed by atoms with E-state index in [1.807, 2.05) is 24.3 Å². The van der Waals surface area contributed by atoms with Gasteiger partial charge in [-0.05, 0) is 30.7 Å². The van der Waals surface area contributed by atoms with Gasteiger partial charge in [-0.3, -0.25) is 0 Å². The van der Waals surface area contributed by atoms with Crippen LogP contribution in [0, 0.1) is 0 Å². The molecule has 0 amide bonds. The van der Waals surface area contributed by atoms with Crippen molar-refractivity contribution in [1.29, 1.82) is 0 Å². The van der Waals surface area contributed by atoms with Crippen molar-refractivity contribution in [2.75, 3.05) is 41.7 Å². The molecule has 0 radical (unpaired) electrons. The molecule has 2 heterocycles. The van der Waals surface area contributed by atoms with E-state index in [0.717, 1.165) is 44.1 Å². The second-order valence-corrected chi connectivity index (χ2v) is 8.03. The monoisotopic (exact) mass is 346 g/mol. The molecule has 0 spiro atoms. The summed E-state index contributed by atoms with van der Waals surface area (Å²) in [5, 5.41) is 8.11. The Morgan fingerprint density at radius 3 is 2.50 bits per heavy atom. The summed E-state index contributed by atoms with van der Waals surface area (Å²) < 4.78 is 24.8. The van der Waals surface area contributed by atoms with Crippen molar-refractivity contribution < 1.29 is 8.42 Å². The van der Waals surface area contributed by atoms with Gasteiger partial charge in [0.2, 0.25) is 0 Å². The number of hydrogen-bond acceptors (Lipinski definition) is 6. The van der Waals surface area contributed by atoms with Crippen LogP contribution in [0.15, 0.2) is 47.5 Å². The standard InChI is InChI=1S/C17H22N4O2S/c1-2-24(22,23)16-8-4-3-7-15(16)20-11-6-12-21(14-13-20)17-9-5-10-18-19-17/h3-5,7-10H,2,6,11-14H2,1H3. The number of benzene rings is 1. The fourth-order valence-corrected chi connectivity index (χ4v) is 4.10. The van der Waals surface area contributed by atoms with Crippen LogP contribution in [0.25, 0.3) is 0 Å². The van der Waals surface area contributed by atoms with E-state index in [2.05, 4.69) is 20.0 Å². The molecule has 1 aromatic carbocycles. The molecular weight excluding hydrogens is 324 g/mol. The van der Waals surface area contributed by atoms with E-state index in [0.29, 0.717) is 4.90 Å². The lowest BCUT2D eigenvalue weighted by molar-refractivity contribution is 0.596. The summed E-state index contributed by atoms with van der Waals surface area (Å²) in [6.07, 6.45) is 2.61. The van der Waals surface area contributed by atoms with Gasteiger partial charge in [-0.1, -0.05) is 19.1 Å². The number of para-hydroxylation sites is 1. The van der Waals surface area contributed by atoms with Crippen molar-refractivity contribution in [3.05, 3.63) is 42.6 Å². The first-order valence-corrected chi connectivity index (χ1v) is 9.86. The molecule has 0 atom stereocenters. The van der Waals surface area contributed by atoms with Crippen LogP contribution in [0.3, 0.4) is 0 Å². The van der Waals surface area contributed by atoms with E-state index in [4.69, 9.17) is 0 Å². The van der Waals surface area contributed by atoms with Gasteiger partial charge in [0.1, 0.15) is 0 Å². The van der Waals surface area contributed by atoms with Gasteiger partial charge in [-0.15, -0.1) is 5.10 Å². The highest BCUT2D eigenvalue weighted by Gasteiger charge is 2.22. The van der Waals surface area contributed by atoms with E-state index in [-0.39, 0.29) is 5.75 Å². The lowest BCUT2D eigenvalue weighted by Gasteiger charge is -2.25. The molecular formula is C17H22N4O2S. The second kappa shape index (κ2) is 7.17. The van der Waals surface area contributed by atoms with Crippen LogP contribution < -0.4 is 9.80 Å². The van der Waals surface area contributed by atoms with Crippen LogP contribution in [0.4, 0.5) is 11.5 Å². The fourth-order valence-electron chi connectivity index (χ4n) is 2.99. The number of aromatic nitrogens is 2. The molecule has 1 fully saturated rings. The average Bonchev–Trinajstić information content (AvgIpc) is 2.88. The lowest BCUT2D eigenvalue weighted by atomic mass is 10.2. The number of rotatable bonds is 4. The lowest BCUT2D eigenvalue weighted by Crippen LogP contribution is -2.32. The molecule has 1 saturated heterocycles. The molecule has 7 heteroatoms. The van der Waals surface area contributed by atoms with E-state index in [1.54, 1.807) is 25.3 Å². The van der Waals surface area contributed by atoms with Crippen LogP contribution in [0.5, 0.6) is 0 Å². The minimum Gasteiger partial charge on any atom is -0.369 e. The van der Waals surface area contributed by atoms with E-state index in [9.17, 15) is 8.42 Å². The van der Waals surface area contributed by atoms with E-state index >= 15 is 0 Å². The summed E-state index contributed by atoms with van der Waals surface area (Å²) in [4.78, 5) is 4.79. The van der Waals surface area contributed by atoms with Crippen molar-refractivity contribution in [3.63, 3.8) is 0 Å². The van der Waals surface area contributed by atoms with Crippen molar-refractivity contribution in [3.8, 4) is 0 Å². The van der Waals surface area contributed by atoms with Crippen molar-refractivity contribution in [2.24, 2.45) is 0 Å². The zero-order valence-electron chi connectivity index (χ0n) is 13.8. The van der Waals surface area contributed by atoms with Crippen molar-refractivity contribution >= 4 is 21.3 Å². The SMILES string of the molecule is CCS(=O)(=O)c1ccccc1N1CCCN(c2cccnn2)CC1. The highest BCUT2D eigenvalue weighted by molar-refractivity contribution is 7.91. The van der Waals surface area contributed by atoms with Crippen molar-refractivity contribution in [2.45, 2.75) is 18.2 Å². The van der Waals surface area contributed by atoms with Crippen LogP contribution in [-0.2, 0) is 9.84 Å². The minimum atomic E-state index is -3.23. The minimum absolute atomic E-state index is 0.115. The van der Waals surface area contributed by atoms with Gasteiger partial charge in [-0.25, -0.2) is 8.42 Å². The van der Waals surface area contributed by atoms with E-state index in [1.165, 1.54) is 0 Å². The topological polar surface area (TPSA) is 66.4 Å². The predicted octanol–water partition coefficient (Wildman–Crippen LogP) is 1.99. The van der Waals surface area contributed by atoms with Gasteiger partial charge in [0.05, 0.1) is 16.3 Å². The zero-order chi connectivity index (χ0) is 17.0. The third-order valence-electron chi connectivity index (χ3n) is 4.30. The normalized spacial score (nSPS) is 16.0. The van der Waals surface area contributed by atoms with Crippen LogP contribution in [0.2, 0.25) is 0 Å². The molecule has 0 bridgehead atoms. The predicted molar refractivity (Wildman–Crippen MR) is 95.2 cm³/mol. The van der Waals surface area contributed by atoms with E-state index < -0.39 is 9.84 Å². The Morgan fingerprint density at radius 1 is 1.00 bits per heavy atom. The molecule has 0 saturated carbocycles. The first-order valence-electron chi connectivity index (χ1n) is 8.21. The molecule has 3 rings (SSSR count). The Kier molecular flexibility index (Phi) is 4.99. The van der Waals surface area contributed by atoms with Gasteiger partial charge < -0.3 is 9.80 Å². The summed E-state index contributed by atoms with van der Waals surface area (Å²) in [5.41, 5.74) is 0.806. The highest BCUT2D eigenvalue weighted by Crippen LogP contribution is 2.27. The first kappa shape index (κ1) is 16.7. The van der Waals surface area contributed by atoms with Crippen LogP contribution in [0.1, 0.15) is 13.3 Å². The summed E-state index contributed by atoms with van der Waals surface area (Å²) >= 11 is 0. The van der Waals surface area contributed by atoms with Gasteiger partial charge in [0, 0.05) is 32.4 Å². The molecule has 1 aromatic heterocycles. The molecule has 128 valence electrons. The van der Waals surface area contributed by atoms with Crippen LogP contribution >= 0.6 is 0 Å². The third-order valence-corrected chi connectivity index (χ3v) is 6.07. The quantitative estimate of drug-likeness (QED) is 0.843. The van der Waals surface area contributed by atoms with Gasteiger partial charge >= 0.3 is 0 Å². The molecule has 0 unspecified atom stereocenters. The second-order valence-electron chi connectivity index (χ2n) is 5.78. The smallest absolute Gasteiger partial charge is 0.180 e. The maximum atomic E-state index is 12.4. The zero-order valence-corrected chi connectivity index (χ0v) is 14.6. The number of hydrogen-bond donors (Lipinski definition) is 0. The Labute approximate surface area is 143 Å². The largest absolute Gasteiger partial charge is 0.369 e. The Bertz CT molecular complexity index is 780. The Hall–Kier alpha value is -2.15. The molecule has 2 aromatic rings. The fraction of sp³-hybridized carbons (Fsp3) is 0.412. The maximum absolute atomic E-state index is 12.4. The summed E-state index contributed by atoms with van der Waals surface area (Å²) in [6, 6.07) is 11.1. The third kappa shape index (κ3) is 3.51. The summed E-state index contributed by atoms with van der Waals surface area (Å²) in [7, 11) is -3.23. The molecule has 0 N–H and O–H groups in total. The van der Waals surface area contributed by atoms with Gasteiger partial charge in [0.15, 0.2) is 15.7 Å². The van der Waals surface area contributed by atoms with Gasteiger partial charge in [-0.2, -0.15) is 5.10 Å². The van der Waals surface area contributed by atoms with Gasteiger partial charge in [0.25, 0.3) is 0 Å². The first-order chi connectivity index (χ1) is 11.6. The number of nitrogens with zero attached hydrogens (tertiary/aromatic N) is 4. The Morgan fingerprint density at radius 2 is 1.75 bits per heavy atom. The van der Waals surface area contributed by atoms with Crippen LogP contribution in [-0.4, -0.2) is 50.5 Å². The Balaban J connectivity index is 1.83. The highest BCUT2D eigenvalue weighted by atomic mass is 32.2.